The van der Waals surface area contributed by atoms with E-state index in [1.807, 2.05) is 26.0 Å². The second-order valence-corrected chi connectivity index (χ2v) is 8.88. The Bertz CT molecular complexity index is 509. The number of carbonyl (C=O) groups is 1. The van der Waals surface area contributed by atoms with Gasteiger partial charge in [0.05, 0.1) is 11.5 Å². The van der Waals surface area contributed by atoms with Crippen molar-refractivity contribution in [1.29, 1.82) is 5.26 Å². The normalized spacial score (nSPS) is 21.0. The molecule has 122 valence electrons. The fourth-order valence-corrected chi connectivity index (χ4v) is 3.10. The number of carbonyl (C=O) groups excluding carboxylic acids is 1. The van der Waals surface area contributed by atoms with Crippen LogP contribution in [-0.4, -0.2) is 6.29 Å². The molecule has 0 N–H and O–H groups in total. The molecule has 0 aromatic rings. The minimum Gasteiger partial charge on any atom is -0.298 e. The molecule has 1 aliphatic rings. The van der Waals surface area contributed by atoms with E-state index in [9.17, 15) is 10.1 Å². The summed E-state index contributed by atoms with van der Waals surface area (Å²) < 4.78 is 0. The summed E-state index contributed by atoms with van der Waals surface area (Å²) in [4.78, 5) is 10.9. The minimum absolute atomic E-state index is 0.0673. The first-order valence-electron chi connectivity index (χ1n) is 8.19. The van der Waals surface area contributed by atoms with Crippen LogP contribution in [0.15, 0.2) is 23.8 Å². The van der Waals surface area contributed by atoms with Crippen molar-refractivity contribution in [3.05, 3.63) is 23.8 Å². The van der Waals surface area contributed by atoms with Crippen molar-refractivity contribution >= 4 is 6.29 Å². The highest BCUT2D eigenvalue weighted by atomic mass is 16.1. The van der Waals surface area contributed by atoms with Crippen molar-refractivity contribution < 1.29 is 4.79 Å². The molecule has 1 rings (SSSR count). The van der Waals surface area contributed by atoms with E-state index in [4.69, 9.17) is 0 Å². The van der Waals surface area contributed by atoms with Gasteiger partial charge in [-0.1, -0.05) is 52.8 Å². The zero-order valence-electron chi connectivity index (χ0n) is 15.2. The molecule has 2 heteroatoms. The molecular weight excluding hydrogens is 270 g/mol. The molecule has 0 saturated heterocycles. The van der Waals surface area contributed by atoms with Crippen LogP contribution >= 0.6 is 0 Å². The van der Waals surface area contributed by atoms with E-state index < -0.39 is 0 Å². The molecule has 0 aromatic heterocycles. The average Bonchev–Trinajstić information content (AvgIpc) is 2.43. The predicted octanol–water partition coefficient (Wildman–Crippen LogP) is 5.32. The van der Waals surface area contributed by atoms with Gasteiger partial charge in [-0.15, -0.1) is 0 Å². The quantitative estimate of drug-likeness (QED) is 0.645. The molecule has 0 radical (unpaired) electrons. The van der Waals surface area contributed by atoms with E-state index >= 15 is 0 Å². The van der Waals surface area contributed by atoms with E-state index in [0.29, 0.717) is 11.8 Å². The zero-order chi connectivity index (χ0) is 17.2. The van der Waals surface area contributed by atoms with E-state index in [0.717, 1.165) is 24.7 Å². The minimum atomic E-state index is -0.362. The van der Waals surface area contributed by atoms with E-state index in [2.05, 4.69) is 46.8 Å². The van der Waals surface area contributed by atoms with Crippen molar-refractivity contribution in [2.75, 3.05) is 0 Å². The number of allylic oxidation sites excluding steroid dienone is 4. The maximum absolute atomic E-state index is 10.9. The van der Waals surface area contributed by atoms with Crippen LogP contribution in [-0.2, 0) is 4.79 Å². The fourth-order valence-electron chi connectivity index (χ4n) is 3.10. The largest absolute Gasteiger partial charge is 0.298 e. The summed E-state index contributed by atoms with van der Waals surface area (Å²) in [6.07, 6.45) is 9.00. The lowest BCUT2D eigenvalue weighted by Gasteiger charge is -2.45. The van der Waals surface area contributed by atoms with Crippen LogP contribution in [0.2, 0.25) is 0 Å². The first kappa shape index (κ1) is 18.7. The van der Waals surface area contributed by atoms with Crippen LogP contribution in [0, 0.1) is 39.4 Å². The molecule has 0 heterocycles. The number of rotatable bonds is 5. The van der Waals surface area contributed by atoms with Crippen LogP contribution in [0.1, 0.15) is 61.3 Å². The molecule has 0 aliphatic heterocycles. The second kappa shape index (κ2) is 6.41. The molecule has 2 atom stereocenters. The molecule has 0 saturated carbocycles. The van der Waals surface area contributed by atoms with Gasteiger partial charge in [0.1, 0.15) is 6.29 Å². The topological polar surface area (TPSA) is 40.9 Å². The molecule has 0 bridgehead atoms. The highest BCUT2D eigenvalue weighted by Crippen LogP contribution is 2.49. The van der Waals surface area contributed by atoms with Crippen molar-refractivity contribution in [3.8, 4) is 6.07 Å². The summed E-state index contributed by atoms with van der Waals surface area (Å²) in [6.45, 7) is 15.3. The van der Waals surface area contributed by atoms with Crippen LogP contribution in [0.25, 0.3) is 0 Å². The lowest BCUT2D eigenvalue weighted by Crippen LogP contribution is -2.39. The standard InChI is InChI=1S/C20H31NO/c1-18(2,3)17(12-19(4,5)20(6,7)14-21)16-10-8-15(13-22)9-11-16/h8-10,13,16-17H,11-12H2,1-7H3. The summed E-state index contributed by atoms with van der Waals surface area (Å²) in [5.74, 6) is 0.897. The van der Waals surface area contributed by atoms with Crippen molar-refractivity contribution in [2.24, 2.45) is 28.1 Å². The van der Waals surface area contributed by atoms with Crippen LogP contribution < -0.4 is 0 Å². The fraction of sp³-hybridized carbons (Fsp3) is 0.700. The Kier molecular flexibility index (Phi) is 5.44. The molecule has 0 spiro atoms. The van der Waals surface area contributed by atoms with Gasteiger partial charge in [-0.25, -0.2) is 0 Å². The number of aldehydes is 1. The van der Waals surface area contributed by atoms with Crippen LogP contribution in [0.5, 0.6) is 0 Å². The highest BCUT2D eigenvalue weighted by molar-refractivity contribution is 5.77. The van der Waals surface area contributed by atoms with Gasteiger partial charge in [-0.2, -0.15) is 5.26 Å². The molecule has 0 aromatic carbocycles. The number of hydrogen-bond acceptors (Lipinski definition) is 2. The summed E-state index contributed by atoms with van der Waals surface area (Å²) in [7, 11) is 0. The first-order chi connectivity index (χ1) is 9.94. The number of nitriles is 1. The smallest absolute Gasteiger partial charge is 0.149 e. The summed E-state index contributed by atoms with van der Waals surface area (Å²) in [6, 6.07) is 2.48. The Labute approximate surface area is 136 Å². The Hall–Kier alpha value is -1.36. The molecule has 22 heavy (non-hydrogen) atoms. The van der Waals surface area contributed by atoms with Gasteiger partial charge in [0.25, 0.3) is 0 Å². The molecule has 0 fully saturated rings. The molecule has 0 amide bonds. The Balaban J connectivity index is 3.03. The zero-order valence-corrected chi connectivity index (χ0v) is 15.2. The highest BCUT2D eigenvalue weighted by Gasteiger charge is 2.43. The average molecular weight is 301 g/mol. The lowest BCUT2D eigenvalue weighted by molar-refractivity contribution is -0.104. The van der Waals surface area contributed by atoms with Crippen LogP contribution in [0.4, 0.5) is 0 Å². The SMILES string of the molecule is CC(C)(C)C(CC(C)(C)C(C)(C)C#N)C1C=CC(C=O)=CC1. The molecule has 1 aliphatic carbocycles. The van der Waals surface area contributed by atoms with E-state index in [1.54, 1.807) is 0 Å². The van der Waals surface area contributed by atoms with E-state index in [-0.39, 0.29) is 16.2 Å². The van der Waals surface area contributed by atoms with Crippen LogP contribution in [0.3, 0.4) is 0 Å². The summed E-state index contributed by atoms with van der Waals surface area (Å²) in [5.41, 5.74) is 0.506. The van der Waals surface area contributed by atoms with Crippen molar-refractivity contribution in [2.45, 2.75) is 61.3 Å². The Morgan fingerprint density at radius 1 is 1.27 bits per heavy atom. The van der Waals surface area contributed by atoms with E-state index in [1.165, 1.54) is 0 Å². The first-order valence-corrected chi connectivity index (χ1v) is 8.19. The predicted molar refractivity (Wildman–Crippen MR) is 92.1 cm³/mol. The lowest BCUT2D eigenvalue weighted by atomic mass is 9.58. The van der Waals surface area contributed by atoms with Gasteiger partial charge >= 0.3 is 0 Å². The number of hydrogen-bond donors (Lipinski definition) is 0. The Morgan fingerprint density at radius 3 is 2.23 bits per heavy atom. The van der Waals surface area contributed by atoms with Gasteiger partial charge in [0.2, 0.25) is 0 Å². The summed E-state index contributed by atoms with van der Waals surface area (Å²) >= 11 is 0. The number of nitrogens with zero attached hydrogens (tertiary/aromatic N) is 1. The summed E-state index contributed by atoms with van der Waals surface area (Å²) in [5, 5.41) is 9.51. The maximum atomic E-state index is 10.9. The van der Waals surface area contributed by atoms with Crippen molar-refractivity contribution in [3.63, 3.8) is 0 Å². The van der Waals surface area contributed by atoms with Gasteiger partial charge in [0.15, 0.2) is 0 Å². The third-order valence-electron chi connectivity index (χ3n) is 5.63. The van der Waals surface area contributed by atoms with Gasteiger partial charge in [-0.3, -0.25) is 4.79 Å². The third-order valence-corrected chi connectivity index (χ3v) is 5.63. The van der Waals surface area contributed by atoms with Gasteiger partial charge in [0, 0.05) is 5.57 Å². The monoisotopic (exact) mass is 301 g/mol. The maximum Gasteiger partial charge on any atom is 0.149 e. The molecule has 2 unspecified atom stereocenters. The molecular formula is C20H31NO. The van der Waals surface area contributed by atoms with Gasteiger partial charge in [-0.05, 0) is 49.4 Å². The second-order valence-electron chi connectivity index (χ2n) is 8.88. The Morgan fingerprint density at radius 2 is 1.86 bits per heavy atom. The third kappa shape index (κ3) is 4.09. The van der Waals surface area contributed by atoms with Crippen molar-refractivity contribution in [1.82, 2.24) is 0 Å². The molecule has 2 nitrogen and oxygen atoms in total. The van der Waals surface area contributed by atoms with Gasteiger partial charge < -0.3 is 0 Å².